The van der Waals surface area contributed by atoms with Crippen molar-refractivity contribution in [3.05, 3.63) is 43.5 Å². The maximum atomic E-state index is 12.3. The quantitative estimate of drug-likeness (QED) is 0.744. The molecule has 1 heterocycles. The summed E-state index contributed by atoms with van der Waals surface area (Å²) in [6, 6.07) is 7.00. The van der Waals surface area contributed by atoms with Crippen molar-refractivity contribution >= 4 is 58.9 Å². The van der Waals surface area contributed by atoms with Crippen LogP contribution in [0.15, 0.2) is 43.5 Å². The van der Waals surface area contributed by atoms with E-state index >= 15 is 0 Å². The maximum absolute atomic E-state index is 12.3. The molecule has 0 aliphatic carbocycles. The normalized spacial score (nSPS) is 11.6. The van der Waals surface area contributed by atoms with Gasteiger partial charge in [0, 0.05) is 25.7 Å². The molecule has 0 radical (unpaired) electrons. The summed E-state index contributed by atoms with van der Waals surface area (Å²) in [7, 11) is -1.74. The number of nitrogens with one attached hydrogen (secondary N) is 2. The van der Waals surface area contributed by atoms with Crippen LogP contribution < -0.4 is 10.0 Å². The molecule has 1 aromatic heterocycles. The third-order valence-corrected chi connectivity index (χ3v) is 6.08. The van der Waals surface area contributed by atoms with E-state index in [0.717, 1.165) is 9.35 Å². The molecule has 2 N–H and O–H groups in total. The minimum Gasteiger partial charge on any atom is -0.315 e. The SMILES string of the molecule is CNCc1cc(S(=O)(=O)Nc2cc(Br)ccc2Br)cs1. The Morgan fingerprint density at radius 2 is 2.00 bits per heavy atom. The van der Waals surface area contributed by atoms with Crippen LogP contribution in [0.3, 0.4) is 0 Å². The van der Waals surface area contributed by atoms with Crippen molar-refractivity contribution in [2.45, 2.75) is 11.4 Å². The predicted octanol–water partition coefficient (Wildman–Crippen LogP) is 3.79. The van der Waals surface area contributed by atoms with E-state index in [4.69, 9.17) is 0 Å². The Morgan fingerprint density at radius 1 is 1.25 bits per heavy atom. The van der Waals surface area contributed by atoms with Crippen molar-refractivity contribution in [2.24, 2.45) is 0 Å². The molecule has 20 heavy (non-hydrogen) atoms. The number of anilines is 1. The molecule has 8 heteroatoms. The monoisotopic (exact) mass is 438 g/mol. The Hall–Kier alpha value is -0.410. The van der Waals surface area contributed by atoms with Crippen molar-refractivity contribution in [1.29, 1.82) is 0 Å². The first-order valence-corrected chi connectivity index (χ1v) is 9.57. The third-order valence-electron chi connectivity index (χ3n) is 2.46. The van der Waals surface area contributed by atoms with Crippen LogP contribution in [0, 0.1) is 0 Å². The highest BCUT2D eigenvalue weighted by Gasteiger charge is 2.17. The summed E-state index contributed by atoms with van der Waals surface area (Å²) in [5.74, 6) is 0. The zero-order chi connectivity index (χ0) is 14.8. The second kappa shape index (κ2) is 6.57. The summed E-state index contributed by atoms with van der Waals surface area (Å²) in [6.45, 7) is 0.654. The van der Waals surface area contributed by atoms with E-state index in [9.17, 15) is 8.42 Å². The van der Waals surface area contributed by atoms with Gasteiger partial charge in [0.25, 0.3) is 10.0 Å². The lowest BCUT2D eigenvalue weighted by molar-refractivity contribution is 0.601. The molecular formula is C12H12Br2N2O2S2. The molecule has 1 aromatic carbocycles. The van der Waals surface area contributed by atoms with E-state index in [0.29, 0.717) is 16.7 Å². The second-order valence-electron chi connectivity index (χ2n) is 4.01. The Balaban J connectivity index is 2.28. The summed E-state index contributed by atoms with van der Waals surface area (Å²) in [5.41, 5.74) is 0.501. The molecule has 0 atom stereocenters. The summed E-state index contributed by atoms with van der Waals surface area (Å²) < 4.78 is 28.7. The number of hydrogen-bond acceptors (Lipinski definition) is 4. The summed E-state index contributed by atoms with van der Waals surface area (Å²) in [4.78, 5) is 1.25. The van der Waals surface area contributed by atoms with Gasteiger partial charge in [-0.1, -0.05) is 15.9 Å². The van der Waals surface area contributed by atoms with Crippen molar-refractivity contribution in [2.75, 3.05) is 11.8 Å². The van der Waals surface area contributed by atoms with Crippen LogP contribution >= 0.6 is 43.2 Å². The topological polar surface area (TPSA) is 58.2 Å². The largest absolute Gasteiger partial charge is 0.315 e. The van der Waals surface area contributed by atoms with Gasteiger partial charge in [0.05, 0.1) is 10.6 Å². The van der Waals surface area contributed by atoms with Gasteiger partial charge < -0.3 is 5.32 Å². The Morgan fingerprint density at radius 3 is 2.70 bits per heavy atom. The fourth-order valence-corrected chi connectivity index (χ4v) is 4.74. The van der Waals surface area contributed by atoms with Gasteiger partial charge in [0.1, 0.15) is 0 Å². The lowest BCUT2D eigenvalue weighted by atomic mass is 10.3. The van der Waals surface area contributed by atoms with Crippen LogP contribution in [0.5, 0.6) is 0 Å². The number of benzene rings is 1. The number of rotatable bonds is 5. The average Bonchev–Trinajstić information content (AvgIpc) is 2.83. The van der Waals surface area contributed by atoms with E-state index in [-0.39, 0.29) is 4.90 Å². The van der Waals surface area contributed by atoms with E-state index < -0.39 is 10.0 Å². The molecule has 0 amide bonds. The van der Waals surface area contributed by atoms with E-state index in [2.05, 4.69) is 41.9 Å². The first-order chi connectivity index (χ1) is 9.42. The summed E-state index contributed by atoms with van der Waals surface area (Å²) in [6.07, 6.45) is 0. The van der Waals surface area contributed by atoms with E-state index in [1.807, 2.05) is 13.1 Å². The highest BCUT2D eigenvalue weighted by Crippen LogP contribution is 2.29. The fourth-order valence-electron chi connectivity index (χ4n) is 1.55. The zero-order valence-electron chi connectivity index (χ0n) is 10.5. The van der Waals surface area contributed by atoms with Crippen LogP contribution in [0.4, 0.5) is 5.69 Å². The number of sulfonamides is 1. The molecule has 0 aliphatic heterocycles. The van der Waals surface area contributed by atoms with Gasteiger partial charge in [-0.05, 0) is 47.2 Å². The second-order valence-corrected chi connectivity index (χ2v) is 8.46. The summed E-state index contributed by atoms with van der Waals surface area (Å²) in [5, 5.41) is 4.64. The van der Waals surface area contributed by atoms with Gasteiger partial charge in [-0.15, -0.1) is 11.3 Å². The first-order valence-electron chi connectivity index (χ1n) is 5.62. The standard InChI is InChI=1S/C12H12Br2N2O2S2/c1-15-6-9-5-10(7-19-9)20(17,18)16-12-4-8(13)2-3-11(12)14/h2-5,7,15-16H,6H2,1H3. The molecule has 2 rings (SSSR count). The molecule has 0 unspecified atom stereocenters. The minimum atomic E-state index is -3.57. The average molecular weight is 440 g/mol. The predicted molar refractivity (Wildman–Crippen MR) is 89.7 cm³/mol. The number of hydrogen-bond donors (Lipinski definition) is 2. The molecule has 0 bridgehead atoms. The van der Waals surface area contributed by atoms with Crippen LogP contribution in [-0.4, -0.2) is 15.5 Å². The molecule has 0 saturated carbocycles. The molecule has 0 saturated heterocycles. The lowest BCUT2D eigenvalue weighted by Gasteiger charge is -2.09. The molecule has 0 fully saturated rings. The molecular weight excluding hydrogens is 428 g/mol. The van der Waals surface area contributed by atoms with E-state index in [1.165, 1.54) is 11.3 Å². The highest BCUT2D eigenvalue weighted by molar-refractivity contribution is 9.11. The first kappa shape index (κ1) is 16.0. The minimum absolute atomic E-state index is 0.277. The molecule has 0 aliphatic rings. The number of thiophene rings is 1. The van der Waals surface area contributed by atoms with Crippen molar-refractivity contribution < 1.29 is 8.42 Å². The van der Waals surface area contributed by atoms with Gasteiger partial charge in [-0.2, -0.15) is 0 Å². The van der Waals surface area contributed by atoms with Crippen LogP contribution in [0.1, 0.15) is 4.88 Å². The smallest absolute Gasteiger partial charge is 0.262 e. The van der Waals surface area contributed by atoms with Gasteiger partial charge in [0.15, 0.2) is 0 Å². The molecule has 108 valence electrons. The third kappa shape index (κ3) is 3.82. The lowest BCUT2D eigenvalue weighted by Crippen LogP contribution is -2.12. The molecule has 0 spiro atoms. The maximum Gasteiger partial charge on any atom is 0.262 e. The fraction of sp³-hybridized carbons (Fsp3) is 0.167. The Labute approximate surface area is 138 Å². The van der Waals surface area contributed by atoms with Gasteiger partial charge in [-0.25, -0.2) is 8.42 Å². The van der Waals surface area contributed by atoms with Crippen LogP contribution in [-0.2, 0) is 16.6 Å². The van der Waals surface area contributed by atoms with Crippen molar-refractivity contribution in [3.8, 4) is 0 Å². The number of halogens is 2. The summed E-state index contributed by atoms with van der Waals surface area (Å²) >= 11 is 8.07. The van der Waals surface area contributed by atoms with Crippen LogP contribution in [0.25, 0.3) is 0 Å². The highest BCUT2D eigenvalue weighted by atomic mass is 79.9. The molecule has 2 aromatic rings. The van der Waals surface area contributed by atoms with Gasteiger partial charge >= 0.3 is 0 Å². The van der Waals surface area contributed by atoms with Crippen LogP contribution in [0.2, 0.25) is 0 Å². The van der Waals surface area contributed by atoms with Gasteiger partial charge in [0.2, 0.25) is 0 Å². The molecule has 4 nitrogen and oxygen atoms in total. The van der Waals surface area contributed by atoms with E-state index in [1.54, 1.807) is 23.6 Å². The zero-order valence-corrected chi connectivity index (χ0v) is 15.3. The van der Waals surface area contributed by atoms with Gasteiger partial charge in [-0.3, -0.25) is 4.72 Å². The Bertz CT molecular complexity index is 714. The Kier molecular flexibility index (Phi) is 5.25. The van der Waals surface area contributed by atoms with Crippen molar-refractivity contribution in [3.63, 3.8) is 0 Å². The van der Waals surface area contributed by atoms with Crippen molar-refractivity contribution in [1.82, 2.24) is 5.32 Å².